The average Bonchev–Trinajstić information content (AvgIpc) is 2.79. The Balaban J connectivity index is 2.05. The first-order valence-corrected chi connectivity index (χ1v) is 11.3. The van der Waals surface area contributed by atoms with E-state index < -0.39 is 48.0 Å². The Kier molecular flexibility index (Phi) is 10.3. The van der Waals surface area contributed by atoms with Gasteiger partial charge in [0.25, 0.3) is 0 Å². The summed E-state index contributed by atoms with van der Waals surface area (Å²) in [7, 11) is 0. The molecule has 2 aromatic carbocycles. The monoisotopic (exact) mass is 484 g/mol. The quantitative estimate of drug-likeness (QED) is 0.417. The lowest BCUT2D eigenvalue weighted by atomic mass is 10.0. The van der Waals surface area contributed by atoms with Crippen molar-refractivity contribution in [1.29, 1.82) is 0 Å². The number of aliphatic carboxylic acids is 1. The molecule has 0 saturated carbocycles. The fourth-order valence-electron chi connectivity index (χ4n) is 3.15. The van der Waals surface area contributed by atoms with Crippen LogP contribution in [0.5, 0.6) is 0 Å². The van der Waals surface area contributed by atoms with E-state index in [2.05, 4.69) is 10.6 Å². The van der Waals surface area contributed by atoms with Crippen molar-refractivity contribution in [2.24, 2.45) is 0 Å². The minimum atomic E-state index is -1.38. The normalized spacial score (nSPS) is 12.7. The van der Waals surface area contributed by atoms with Crippen molar-refractivity contribution >= 4 is 23.9 Å². The maximum absolute atomic E-state index is 12.9. The number of carboxylic acids is 1. The number of carboxylic acid groups (broad SMARTS) is 1. The zero-order valence-corrected chi connectivity index (χ0v) is 20.2. The molecule has 0 bridgehead atoms. The van der Waals surface area contributed by atoms with E-state index >= 15 is 0 Å². The van der Waals surface area contributed by atoms with Crippen LogP contribution in [0.1, 0.15) is 44.7 Å². The number of ether oxygens (including phenoxy) is 2. The standard InChI is InChI=1S/C26H32N2O7/c1-26(2,3)35-22(29)16-21(28-25(33)34-17-19-12-8-5-9-13-19)23(30)27-20(24(31)32)15-14-18-10-6-4-7-11-18/h4-13,20-21H,14-17H2,1-3H3,(H,27,30)(H,28,33)(H,31,32). The second kappa shape index (κ2) is 13.1. The molecule has 0 heterocycles. The zero-order chi connectivity index (χ0) is 25.8. The molecule has 35 heavy (non-hydrogen) atoms. The number of rotatable bonds is 11. The number of nitrogens with one attached hydrogen (secondary N) is 2. The summed E-state index contributed by atoms with van der Waals surface area (Å²) in [6.45, 7) is 4.98. The summed E-state index contributed by atoms with van der Waals surface area (Å²) in [4.78, 5) is 49.4. The van der Waals surface area contributed by atoms with Crippen molar-refractivity contribution in [3.8, 4) is 0 Å². The molecule has 2 aromatic rings. The molecule has 0 aliphatic rings. The number of hydrogen-bond donors (Lipinski definition) is 3. The molecule has 0 spiro atoms. The molecule has 0 aliphatic carbocycles. The first kappa shape index (κ1) is 27.4. The van der Waals surface area contributed by atoms with E-state index in [1.54, 1.807) is 45.0 Å². The number of esters is 1. The molecule has 9 nitrogen and oxygen atoms in total. The third kappa shape index (κ3) is 10.7. The maximum atomic E-state index is 12.9. The molecule has 0 aliphatic heterocycles. The molecule has 2 unspecified atom stereocenters. The fraction of sp³-hybridized carbons (Fsp3) is 0.385. The van der Waals surface area contributed by atoms with E-state index in [0.717, 1.165) is 11.1 Å². The largest absolute Gasteiger partial charge is 0.480 e. The fourth-order valence-corrected chi connectivity index (χ4v) is 3.15. The predicted molar refractivity (Wildman–Crippen MR) is 128 cm³/mol. The summed E-state index contributed by atoms with van der Waals surface area (Å²) in [5, 5.41) is 14.4. The Labute approximate surface area is 204 Å². The predicted octanol–water partition coefficient (Wildman–Crippen LogP) is 3.22. The summed E-state index contributed by atoms with van der Waals surface area (Å²) >= 11 is 0. The molecule has 2 atom stereocenters. The molecule has 188 valence electrons. The Bertz CT molecular complexity index is 988. The summed E-state index contributed by atoms with van der Waals surface area (Å²) in [5.41, 5.74) is 0.856. The van der Waals surface area contributed by atoms with Crippen LogP contribution in [0.2, 0.25) is 0 Å². The van der Waals surface area contributed by atoms with Crippen LogP contribution in [-0.2, 0) is 36.9 Å². The highest BCUT2D eigenvalue weighted by Gasteiger charge is 2.30. The molecule has 2 rings (SSSR count). The number of hydrogen-bond acceptors (Lipinski definition) is 6. The van der Waals surface area contributed by atoms with Crippen LogP contribution in [0.3, 0.4) is 0 Å². The molecule has 0 radical (unpaired) electrons. The van der Waals surface area contributed by atoms with Crippen LogP contribution in [0.25, 0.3) is 0 Å². The Hall–Kier alpha value is -3.88. The highest BCUT2D eigenvalue weighted by atomic mass is 16.6. The van der Waals surface area contributed by atoms with E-state index in [9.17, 15) is 24.3 Å². The van der Waals surface area contributed by atoms with Crippen molar-refractivity contribution in [3.05, 3.63) is 71.8 Å². The van der Waals surface area contributed by atoms with Gasteiger partial charge in [0.1, 0.15) is 24.3 Å². The van der Waals surface area contributed by atoms with Gasteiger partial charge in [-0.25, -0.2) is 9.59 Å². The minimum absolute atomic E-state index is 0.0394. The van der Waals surface area contributed by atoms with Gasteiger partial charge in [-0.05, 0) is 44.7 Å². The van der Waals surface area contributed by atoms with E-state index in [-0.39, 0.29) is 13.0 Å². The first-order valence-electron chi connectivity index (χ1n) is 11.3. The van der Waals surface area contributed by atoms with Crippen molar-refractivity contribution in [2.75, 3.05) is 0 Å². The smallest absolute Gasteiger partial charge is 0.408 e. The Morgan fingerprint density at radius 2 is 1.43 bits per heavy atom. The lowest BCUT2D eigenvalue weighted by molar-refractivity contribution is -0.156. The molecule has 3 N–H and O–H groups in total. The van der Waals surface area contributed by atoms with Crippen LogP contribution < -0.4 is 10.6 Å². The second-order valence-electron chi connectivity index (χ2n) is 8.97. The highest BCUT2D eigenvalue weighted by Crippen LogP contribution is 2.11. The second-order valence-corrected chi connectivity index (χ2v) is 8.97. The molecular formula is C26H32N2O7. The van der Waals surface area contributed by atoms with E-state index in [4.69, 9.17) is 9.47 Å². The SMILES string of the molecule is CC(C)(C)OC(=O)CC(NC(=O)OCc1ccccc1)C(=O)NC(CCc1ccccc1)C(=O)O. The number of amides is 2. The van der Waals surface area contributed by atoms with Gasteiger partial charge >= 0.3 is 18.0 Å². The van der Waals surface area contributed by atoms with Crippen LogP contribution in [0.4, 0.5) is 4.79 Å². The van der Waals surface area contributed by atoms with Gasteiger partial charge in [0.2, 0.25) is 5.91 Å². The molecular weight excluding hydrogens is 452 g/mol. The van der Waals surface area contributed by atoms with Crippen LogP contribution >= 0.6 is 0 Å². The molecule has 9 heteroatoms. The van der Waals surface area contributed by atoms with Crippen molar-refractivity contribution in [1.82, 2.24) is 10.6 Å². The van der Waals surface area contributed by atoms with Crippen LogP contribution in [-0.4, -0.2) is 46.7 Å². The van der Waals surface area contributed by atoms with Gasteiger partial charge in [-0.1, -0.05) is 60.7 Å². The minimum Gasteiger partial charge on any atom is -0.480 e. The van der Waals surface area contributed by atoms with E-state index in [0.29, 0.717) is 6.42 Å². The number of alkyl carbamates (subject to hydrolysis) is 1. The van der Waals surface area contributed by atoms with Gasteiger partial charge in [0, 0.05) is 0 Å². The molecule has 0 fully saturated rings. The third-order valence-electron chi connectivity index (χ3n) is 4.79. The topological polar surface area (TPSA) is 131 Å². The molecule has 0 saturated heterocycles. The first-order chi connectivity index (χ1) is 16.5. The van der Waals surface area contributed by atoms with Crippen molar-refractivity contribution in [3.63, 3.8) is 0 Å². The molecule has 0 aromatic heterocycles. The molecule has 2 amide bonds. The number of carbonyl (C=O) groups is 4. The van der Waals surface area contributed by atoms with Gasteiger partial charge in [-0.3, -0.25) is 9.59 Å². The highest BCUT2D eigenvalue weighted by molar-refractivity contribution is 5.92. The van der Waals surface area contributed by atoms with Crippen molar-refractivity contribution in [2.45, 2.75) is 64.3 Å². The summed E-state index contributed by atoms with van der Waals surface area (Å²) in [6, 6.07) is 15.6. The van der Waals surface area contributed by atoms with E-state index in [1.807, 2.05) is 36.4 Å². The average molecular weight is 485 g/mol. The number of carbonyl (C=O) groups excluding carboxylic acids is 3. The maximum Gasteiger partial charge on any atom is 0.408 e. The number of aryl methyl sites for hydroxylation is 1. The van der Waals surface area contributed by atoms with Crippen molar-refractivity contribution < 1.29 is 33.8 Å². The Morgan fingerprint density at radius 1 is 0.857 bits per heavy atom. The summed E-state index contributed by atoms with van der Waals surface area (Å²) in [5.74, 6) is -2.78. The van der Waals surface area contributed by atoms with Gasteiger partial charge in [-0.2, -0.15) is 0 Å². The summed E-state index contributed by atoms with van der Waals surface area (Å²) in [6.07, 6.45) is -0.868. The van der Waals surface area contributed by atoms with Crippen LogP contribution in [0.15, 0.2) is 60.7 Å². The Morgan fingerprint density at radius 3 is 1.97 bits per heavy atom. The summed E-state index contributed by atoms with van der Waals surface area (Å²) < 4.78 is 10.4. The van der Waals surface area contributed by atoms with Crippen LogP contribution in [0, 0.1) is 0 Å². The number of benzene rings is 2. The van der Waals surface area contributed by atoms with Gasteiger partial charge in [-0.15, -0.1) is 0 Å². The lowest BCUT2D eigenvalue weighted by Crippen LogP contribution is -2.52. The lowest BCUT2D eigenvalue weighted by Gasteiger charge is -2.23. The zero-order valence-electron chi connectivity index (χ0n) is 20.2. The van der Waals surface area contributed by atoms with Gasteiger partial charge < -0.3 is 25.2 Å². The third-order valence-corrected chi connectivity index (χ3v) is 4.79. The van der Waals surface area contributed by atoms with E-state index in [1.165, 1.54) is 0 Å². The van der Waals surface area contributed by atoms with Gasteiger partial charge in [0.15, 0.2) is 0 Å². The van der Waals surface area contributed by atoms with Gasteiger partial charge in [0.05, 0.1) is 6.42 Å².